The fourth-order valence-electron chi connectivity index (χ4n) is 2.45. The van der Waals surface area contributed by atoms with Crippen LogP contribution in [0.2, 0.25) is 0 Å². The van der Waals surface area contributed by atoms with Gasteiger partial charge < -0.3 is 4.90 Å². The topological polar surface area (TPSA) is 3.24 Å². The largest absolute Gasteiger partial charge is 1.00 e. The molecule has 0 N–H and O–H groups in total. The Morgan fingerprint density at radius 3 is 2.67 bits per heavy atom. The van der Waals surface area contributed by atoms with Gasteiger partial charge in [0.2, 0.25) is 0 Å². The van der Waals surface area contributed by atoms with Gasteiger partial charge in [0.1, 0.15) is 0 Å². The van der Waals surface area contributed by atoms with E-state index in [-0.39, 0.29) is 18.9 Å². The second kappa shape index (κ2) is 4.57. The van der Waals surface area contributed by atoms with Gasteiger partial charge >= 0.3 is 18.9 Å². The summed E-state index contributed by atoms with van der Waals surface area (Å²) in [7, 11) is 0. The third-order valence-corrected chi connectivity index (χ3v) is 3.19. The minimum absolute atomic E-state index is 0. The molecule has 1 aliphatic carbocycles. The van der Waals surface area contributed by atoms with Crippen LogP contribution < -0.4 is 18.9 Å². The van der Waals surface area contributed by atoms with E-state index >= 15 is 0 Å². The zero-order chi connectivity index (χ0) is 9.38. The molecule has 2 heteroatoms. The summed E-state index contributed by atoms with van der Waals surface area (Å²) in [5.74, 6) is 0. The molecule has 0 radical (unpaired) electrons. The average molecular weight is 191 g/mol. The molecule has 1 nitrogen and oxygen atoms in total. The molecule has 1 aromatic rings. The van der Waals surface area contributed by atoms with Crippen molar-refractivity contribution in [3.8, 4) is 0 Å². The number of likely N-dealkylation sites (tertiary alicyclic amines) is 1. The quantitative estimate of drug-likeness (QED) is 0.433. The molecule has 3 rings (SSSR count). The Morgan fingerprint density at radius 2 is 1.87 bits per heavy atom. The maximum Gasteiger partial charge on any atom is 1.00 e. The van der Waals surface area contributed by atoms with E-state index in [0.717, 1.165) is 0 Å². The van der Waals surface area contributed by atoms with Crippen LogP contribution in [0, 0.1) is 6.08 Å². The monoisotopic (exact) mass is 191 g/mol. The fraction of sp³-hybridized carbons (Fsp3) is 0.385. The van der Waals surface area contributed by atoms with E-state index in [9.17, 15) is 0 Å². The molecule has 1 fully saturated rings. The SMILES string of the molecule is [C-]1=Cc2ccccc2C1N1CCCC1.[Li+]. The molecule has 2 aliphatic rings. The number of benzene rings is 1. The number of nitrogens with zero attached hydrogens (tertiary/aromatic N) is 1. The fourth-order valence-corrected chi connectivity index (χ4v) is 2.45. The third kappa shape index (κ3) is 1.93. The zero-order valence-corrected chi connectivity index (χ0v) is 9.24. The molecular weight excluding hydrogens is 177 g/mol. The Kier molecular flexibility index (Phi) is 3.36. The first-order valence-corrected chi connectivity index (χ1v) is 5.37. The first-order valence-electron chi connectivity index (χ1n) is 5.37. The van der Waals surface area contributed by atoms with Crippen LogP contribution in [-0.4, -0.2) is 18.0 Å². The standard InChI is InChI=1S/C13H14N.Li/c1-2-6-12-11(5-1)7-8-13(12)14-9-3-4-10-14;/h1-2,5-7,13H,3-4,9-10H2;/q-1;+1. The van der Waals surface area contributed by atoms with Gasteiger partial charge in [-0.2, -0.15) is 5.56 Å². The van der Waals surface area contributed by atoms with Gasteiger partial charge in [0.25, 0.3) is 0 Å². The van der Waals surface area contributed by atoms with Gasteiger partial charge in [-0.25, -0.2) is 6.08 Å². The van der Waals surface area contributed by atoms with Crippen molar-refractivity contribution >= 4 is 6.08 Å². The number of hydrogen-bond acceptors (Lipinski definition) is 1. The van der Waals surface area contributed by atoms with Crippen molar-refractivity contribution in [2.24, 2.45) is 0 Å². The van der Waals surface area contributed by atoms with Crippen LogP contribution in [0.1, 0.15) is 30.0 Å². The molecule has 0 bridgehead atoms. The van der Waals surface area contributed by atoms with Gasteiger partial charge in [-0.1, -0.05) is 18.2 Å². The molecule has 1 heterocycles. The molecule has 72 valence electrons. The first kappa shape index (κ1) is 11.0. The predicted molar refractivity (Wildman–Crippen MR) is 57.7 cm³/mol. The number of hydrogen-bond donors (Lipinski definition) is 0. The van der Waals surface area contributed by atoms with Crippen molar-refractivity contribution in [3.05, 3.63) is 41.5 Å². The van der Waals surface area contributed by atoms with Crippen molar-refractivity contribution in [3.63, 3.8) is 0 Å². The van der Waals surface area contributed by atoms with Gasteiger partial charge in [-0.05, 0) is 32.0 Å². The zero-order valence-electron chi connectivity index (χ0n) is 9.24. The minimum atomic E-state index is 0. The van der Waals surface area contributed by atoms with E-state index < -0.39 is 0 Å². The summed E-state index contributed by atoms with van der Waals surface area (Å²) < 4.78 is 0. The summed E-state index contributed by atoms with van der Waals surface area (Å²) >= 11 is 0. The molecule has 1 saturated heterocycles. The second-order valence-corrected chi connectivity index (χ2v) is 4.09. The maximum atomic E-state index is 3.46. The summed E-state index contributed by atoms with van der Waals surface area (Å²) in [6, 6.07) is 9.08. The number of rotatable bonds is 1. The molecule has 0 spiro atoms. The van der Waals surface area contributed by atoms with E-state index in [0.29, 0.717) is 6.04 Å². The van der Waals surface area contributed by atoms with Crippen molar-refractivity contribution in [1.29, 1.82) is 0 Å². The van der Waals surface area contributed by atoms with Crippen molar-refractivity contribution < 1.29 is 18.9 Å². The molecule has 0 saturated carbocycles. The van der Waals surface area contributed by atoms with Crippen LogP contribution in [0.4, 0.5) is 0 Å². The van der Waals surface area contributed by atoms with Crippen LogP contribution >= 0.6 is 0 Å². The Bertz CT molecular complexity index is 367. The predicted octanol–water partition coefficient (Wildman–Crippen LogP) is -0.343. The average Bonchev–Trinajstić information content (AvgIpc) is 2.85. The molecular formula is C13H14LiN. The van der Waals surface area contributed by atoms with E-state index in [1.54, 1.807) is 0 Å². The Morgan fingerprint density at radius 1 is 1.13 bits per heavy atom. The van der Waals surface area contributed by atoms with Gasteiger partial charge in [0, 0.05) is 0 Å². The smallest absolute Gasteiger partial charge is 0.311 e. The summed E-state index contributed by atoms with van der Waals surface area (Å²) in [5, 5.41) is 0. The summed E-state index contributed by atoms with van der Waals surface area (Å²) in [4.78, 5) is 2.53. The normalized spacial score (nSPS) is 23.9. The van der Waals surface area contributed by atoms with Gasteiger partial charge in [-0.3, -0.25) is 6.08 Å². The van der Waals surface area contributed by atoms with Crippen LogP contribution in [0.3, 0.4) is 0 Å². The van der Waals surface area contributed by atoms with E-state index in [1.807, 2.05) is 0 Å². The third-order valence-electron chi connectivity index (χ3n) is 3.19. The van der Waals surface area contributed by atoms with E-state index in [4.69, 9.17) is 0 Å². The maximum absolute atomic E-state index is 3.46. The van der Waals surface area contributed by atoms with Gasteiger partial charge in [-0.15, -0.1) is 11.6 Å². The van der Waals surface area contributed by atoms with Crippen molar-refractivity contribution in [2.75, 3.05) is 13.1 Å². The summed E-state index contributed by atoms with van der Waals surface area (Å²) in [6.45, 7) is 2.47. The minimum Gasteiger partial charge on any atom is -0.311 e. The Labute approximate surface area is 103 Å². The van der Waals surface area contributed by atoms with Crippen LogP contribution in [0.25, 0.3) is 6.08 Å². The Balaban J connectivity index is 0.000000853. The molecule has 15 heavy (non-hydrogen) atoms. The molecule has 0 amide bonds. The number of fused-ring (bicyclic) bond motifs is 1. The first-order chi connectivity index (χ1) is 6.95. The molecule has 1 atom stereocenters. The molecule has 0 aromatic heterocycles. The summed E-state index contributed by atoms with van der Waals surface area (Å²) in [5.41, 5.74) is 2.79. The van der Waals surface area contributed by atoms with E-state index in [1.165, 1.54) is 37.1 Å². The van der Waals surface area contributed by atoms with Gasteiger partial charge in [0.05, 0.1) is 0 Å². The summed E-state index contributed by atoms with van der Waals surface area (Å²) in [6.07, 6.45) is 8.30. The van der Waals surface area contributed by atoms with Crippen LogP contribution in [0.15, 0.2) is 24.3 Å². The van der Waals surface area contributed by atoms with Gasteiger partial charge in [0.15, 0.2) is 0 Å². The second-order valence-electron chi connectivity index (χ2n) is 4.09. The molecule has 1 aromatic carbocycles. The molecule has 1 aliphatic heterocycles. The van der Waals surface area contributed by atoms with E-state index in [2.05, 4.69) is 41.3 Å². The van der Waals surface area contributed by atoms with Crippen LogP contribution in [-0.2, 0) is 0 Å². The van der Waals surface area contributed by atoms with Crippen molar-refractivity contribution in [2.45, 2.75) is 18.9 Å². The molecule has 1 unspecified atom stereocenters. The Hall–Kier alpha value is -0.483. The van der Waals surface area contributed by atoms with Crippen LogP contribution in [0.5, 0.6) is 0 Å². The van der Waals surface area contributed by atoms with Crippen molar-refractivity contribution in [1.82, 2.24) is 4.90 Å².